The molecule has 1 aliphatic rings. The number of piperazine rings is 1. The molecule has 0 aliphatic carbocycles. The Labute approximate surface area is 102 Å². The van der Waals surface area contributed by atoms with Gasteiger partial charge in [-0.2, -0.15) is 0 Å². The van der Waals surface area contributed by atoms with Crippen molar-refractivity contribution in [1.82, 2.24) is 4.90 Å². The molecule has 0 saturated carbocycles. The van der Waals surface area contributed by atoms with Crippen LogP contribution < -0.4 is 10.6 Å². The summed E-state index contributed by atoms with van der Waals surface area (Å²) in [5.74, 6) is 0. The summed E-state index contributed by atoms with van der Waals surface area (Å²) < 4.78 is 0. The molecule has 88 valence electrons. The molecule has 2 rings (SSSR count). The van der Waals surface area contributed by atoms with Gasteiger partial charge in [-0.15, -0.1) is 0 Å². The third-order valence-electron chi connectivity index (χ3n) is 3.11. The molecule has 1 heterocycles. The van der Waals surface area contributed by atoms with E-state index in [2.05, 4.69) is 22.9 Å². The summed E-state index contributed by atoms with van der Waals surface area (Å²) in [6, 6.07) is 5.96. The van der Waals surface area contributed by atoms with Crippen LogP contribution >= 0.6 is 11.6 Å². The van der Waals surface area contributed by atoms with Gasteiger partial charge in [0.2, 0.25) is 0 Å². The van der Waals surface area contributed by atoms with E-state index >= 15 is 0 Å². The Morgan fingerprint density at radius 1 is 1.25 bits per heavy atom. The lowest BCUT2D eigenvalue weighted by atomic mass is 10.1. The van der Waals surface area contributed by atoms with E-state index in [-0.39, 0.29) is 0 Å². The Morgan fingerprint density at radius 3 is 2.56 bits per heavy atom. The Morgan fingerprint density at radius 2 is 1.94 bits per heavy atom. The van der Waals surface area contributed by atoms with Crippen LogP contribution in [0.3, 0.4) is 0 Å². The van der Waals surface area contributed by atoms with E-state index in [0.717, 1.165) is 42.5 Å². The first-order valence-electron chi connectivity index (χ1n) is 5.63. The van der Waals surface area contributed by atoms with E-state index in [9.17, 15) is 0 Å². The van der Waals surface area contributed by atoms with Crippen molar-refractivity contribution in [3.8, 4) is 0 Å². The highest BCUT2D eigenvalue weighted by molar-refractivity contribution is 6.33. The second-order valence-electron chi connectivity index (χ2n) is 4.24. The first kappa shape index (κ1) is 11.7. The van der Waals surface area contributed by atoms with Gasteiger partial charge in [0.25, 0.3) is 0 Å². The van der Waals surface area contributed by atoms with Crippen LogP contribution in [0.15, 0.2) is 18.2 Å². The monoisotopic (exact) mass is 239 g/mol. The van der Waals surface area contributed by atoms with Crippen LogP contribution in [0.2, 0.25) is 5.02 Å². The maximum absolute atomic E-state index is 6.27. The predicted molar refractivity (Wildman–Crippen MR) is 69.1 cm³/mol. The third kappa shape index (κ3) is 2.32. The van der Waals surface area contributed by atoms with Gasteiger partial charge in [-0.3, -0.25) is 0 Å². The SMILES string of the molecule is CN1CCN(c2c(Cl)cccc2CN)CC1. The molecule has 0 atom stereocenters. The molecule has 0 amide bonds. The topological polar surface area (TPSA) is 32.5 Å². The molecule has 4 heteroatoms. The molecule has 0 unspecified atom stereocenters. The van der Waals surface area contributed by atoms with Crippen LogP contribution in [0.5, 0.6) is 0 Å². The minimum atomic E-state index is 0.544. The Hall–Kier alpha value is -0.770. The highest BCUT2D eigenvalue weighted by Gasteiger charge is 2.18. The van der Waals surface area contributed by atoms with E-state index in [0.29, 0.717) is 6.54 Å². The van der Waals surface area contributed by atoms with Gasteiger partial charge in [0.15, 0.2) is 0 Å². The second kappa shape index (κ2) is 5.04. The van der Waals surface area contributed by atoms with Crippen molar-refractivity contribution in [2.45, 2.75) is 6.54 Å². The Kier molecular flexibility index (Phi) is 3.69. The lowest BCUT2D eigenvalue weighted by molar-refractivity contribution is 0.312. The number of halogens is 1. The van der Waals surface area contributed by atoms with Gasteiger partial charge < -0.3 is 15.5 Å². The van der Waals surface area contributed by atoms with E-state index in [1.54, 1.807) is 0 Å². The summed E-state index contributed by atoms with van der Waals surface area (Å²) in [4.78, 5) is 4.67. The minimum Gasteiger partial charge on any atom is -0.368 e. The molecule has 1 fully saturated rings. The van der Waals surface area contributed by atoms with Crippen LogP contribution in [0.1, 0.15) is 5.56 Å². The zero-order chi connectivity index (χ0) is 11.5. The summed E-state index contributed by atoms with van der Waals surface area (Å²) in [6.45, 7) is 4.74. The first-order chi connectivity index (χ1) is 7.72. The summed E-state index contributed by atoms with van der Waals surface area (Å²) in [6.07, 6.45) is 0. The van der Waals surface area contributed by atoms with E-state index < -0.39 is 0 Å². The van der Waals surface area contributed by atoms with Gasteiger partial charge in [-0.05, 0) is 18.7 Å². The predicted octanol–water partition coefficient (Wildman–Crippen LogP) is 1.55. The van der Waals surface area contributed by atoms with Crippen molar-refractivity contribution in [1.29, 1.82) is 0 Å². The van der Waals surface area contributed by atoms with E-state index in [4.69, 9.17) is 17.3 Å². The van der Waals surface area contributed by atoms with E-state index in [1.165, 1.54) is 0 Å². The average Bonchev–Trinajstić information content (AvgIpc) is 2.30. The second-order valence-corrected chi connectivity index (χ2v) is 4.65. The van der Waals surface area contributed by atoms with Gasteiger partial charge in [0.1, 0.15) is 0 Å². The van der Waals surface area contributed by atoms with Crippen molar-refractivity contribution in [3.63, 3.8) is 0 Å². The summed E-state index contributed by atoms with van der Waals surface area (Å²) in [7, 11) is 2.15. The van der Waals surface area contributed by atoms with Gasteiger partial charge in [-0.1, -0.05) is 23.7 Å². The molecule has 1 saturated heterocycles. The molecule has 0 spiro atoms. The standard InChI is InChI=1S/C12H18ClN3/c1-15-5-7-16(8-6-15)12-10(9-14)3-2-4-11(12)13/h2-4H,5-9,14H2,1H3. The van der Waals surface area contributed by atoms with Crippen LogP contribution in [0, 0.1) is 0 Å². The summed E-state index contributed by atoms with van der Waals surface area (Å²) in [5, 5.41) is 0.813. The Balaban J connectivity index is 2.25. The highest BCUT2D eigenvalue weighted by Crippen LogP contribution is 2.30. The Bertz CT molecular complexity index is 359. The molecule has 0 bridgehead atoms. The maximum atomic E-state index is 6.27. The number of benzene rings is 1. The molecule has 16 heavy (non-hydrogen) atoms. The van der Waals surface area contributed by atoms with Crippen LogP contribution in [-0.2, 0) is 6.54 Å². The zero-order valence-electron chi connectivity index (χ0n) is 9.62. The van der Waals surface area contributed by atoms with Crippen molar-refractivity contribution in [3.05, 3.63) is 28.8 Å². The van der Waals surface area contributed by atoms with Gasteiger partial charge >= 0.3 is 0 Å². The molecule has 0 radical (unpaired) electrons. The molecule has 2 N–H and O–H groups in total. The summed E-state index contributed by atoms with van der Waals surface area (Å²) in [5.41, 5.74) is 8.02. The molecule has 1 aliphatic heterocycles. The van der Waals surface area contributed by atoms with Crippen LogP contribution in [0.4, 0.5) is 5.69 Å². The van der Waals surface area contributed by atoms with Gasteiger partial charge in [0.05, 0.1) is 10.7 Å². The fourth-order valence-electron chi connectivity index (χ4n) is 2.11. The van der Waals surface area contributed by atoms with Crippen LogP contribution in [0.25, 0.3) is 0 Å². The maximum Gasteiger partial charge on any atom is 0.0642 e. The zero-order valence-corrected chi connectivity index (χ0v) is 10.4. The number of hydrogen-bond donors (Lipinski definition) is 1. The number of para-hydroxylation sites is 1. The van der Waals surface area contributed by atoms with Crippen LogP contribution in [-0.4, -0.2) is 38.1 Å². The molecular weight excluding hydrogens is 222 g/mol. The van der Waals surface area contributed by atoms with Crippen molar-refractivity contribution < 1.29 is 0 Å². The normalized spacial score (nSPS) is 17.8. The fraction of sp³-hybridized carbons (Fsp3) is 0.500. The third-order valence-corrected chi connectivity index (χ3v) is 3.41. The molecule has 1 aromatic rings. The minimum absolute atomic E-state index is 0.544. The number of likely N-dealkylation sites (N-methyl/N-ethyl adjacent to an activating group) is 1. The number of nitrogens with two attached hydrogens (primary N) is 1. The smallest absolute Gasteiger partial charge is 0.0642 e. The van der Waals surface area contributed by atoms with Gasteiger partial charge in [0, 0.05) is 32.7 Å². The van der Waals surface area contributed by atoms with Crippen molar-refractivity contribution >= 4 is 17.3 Å². The highest BCUT2D eigenvalue weighted by atomic mass is 35.5. The molecule has 1 aromatic carbocycles. The van der Waals surface area contributed by atoms with Crippen molar-refractivity contribution in [2.75, 3.05) is 38.1 Å². The fourth-order valence-corrected chi connectivity index (χ4v) is 2.42. The first-order valence-corrected chi connectivity index (χ1v) is 6.01. The molecular formula is C12H18ClN3. The number of hydrogen-bond acceptors (Lipinski definition) is 3. The molecule has 0 aromatic heterocycles. The lowest BCUT2D eigenvalue weighted by Crippen LogP contribution is -2.45. The summed E-state index contributed by atoms with van der Waals surface area (Å²) >= 11 is 6.27. The molecule has 3 nitrogen and oxygen atoms in total. The largest absolute Gasteiger partial charge is 0.368 e. The van der Waals surface area contributed by atoms with E-state index in [1.807, 2.05) is 12.1 Å². The lowest BCUT2D eigenvalue weighted by Gasteiger charge is -2.35. The van der Waals surface area contributed by atoms with Crippen molar-refractivity contribution in [2.24, 2.45) is 5.73 Å². The average molecular weight is 240 g/mol. The number of nitrogens with zero attached hydrogens (tertiary/aromatic N) is 2. The number of anilines is 1. The number of rotatable bonds is 2. The quantitative estimate of drug-likeness (QED) is 0.850. The van der Waals surface area contributed by atoms with Gasteiger partial charge in [-0.25, -0.2) is 0 Å².